The van der Waals surface area contributed by atoms with Gasteiger partial charge in [-0.1, -0.05) is 13.8 Å². The number of anilines is 1. The third-order valence-corrected chi connectivity index (χ3v) is 4.80. The van der Waals surface area contributed by atoms with Gasteiger partial charge in [0.25, 0.3) is 5.56 Å². The number of H-pyrrole nitrogens is 1. The molecule has 3 aromatic rings. The van der Waals surface area contributed by atoms with Crippen molar-refractivity contribution in [3.63, 3.8) is 0 Å². The van der Waals surface area contributed by atoms with Gasteiger partial charge in [-0.05, 0) is 37.1 Å². The van der Waals surface area contributed by atoms with Gasteiger partial charge in [0.15, 0.2) is 5.65 Å². The van der Waals surface area contributed by atoms with Gasteiger partial charge in [-0.25, -0.2) is 14.6 Å². The maximum atomic E-state index is 12.8. The highest BCUT2D eigenvalue weighted by atomic mass is 16.2. The highest BCUT2D eigenvalue weighted by Crippen LogP contribution is 2.22. The SMILES string of the molecule is CCCn1c(=O)c2[nH]c(-c3ccc(N(C)C(=O)NC)cc3)nc2n(CCC)c1=O. The minimum absolute atomic E-state index is 0.221. The number of urea groups is 1. The summed E-state index contributed by atoms with van der Waals surface area (Å²) in [7, 11) is 3.25. The Morgan fingerprint density at radius 1 is 1.10 bits per heavy atom. The van der Waals surface area contributed by atoms with Gasteiger partial charge in [0.05, 0.1) is 0 Å². The van der Waals surface area contributed by atoms with Crippen molar-refractivity contribution >= 4 is 22.9 Å². The van der Waals surface area contributed by atoms with Crippen LogP contribution in [0.5, 0.6) is 0 Å². The third-order valence-electron chi connectivity index (χ3n) is 4.80. The van der Waals surface area contributed by atoms with Crippen molar-refractivity contribution in [1.29, 1.82) is 0 Å². The number of fused-ring (bicyclic) bond motifs is 1. The average Bonchev–Trinajstić information content (AvgIpc) is 3.18. The molecule has 0 atom stereocenters. The number of imidazole rings is 1. The Morgan fingerprint density at radius 3 is 2.31 bits per heavy atom. The number of aromatic nitrogens is 4. The maximum absolute atomic E-state index is 12.8. The van der Waals surface area contributed by atoms with E-state index in [0.717, 1.165) is 17.7 Å². The number of nitrogens with one attached hydrogen (secondary N) is 2. The van der Waals surface area contributed by atoms with Gasteiger partial charge in [0.1, 0.15) is 11.3 Å². The topological polar surface area (TPSA) is 105 Å². The molecule has 0 fully saturated rings. The summed E-state index contributed by atoms with van der Waals surface area (Å²) < 4.78 is 2.82. The number of benzene rings is 1. The second-order valence-corrected chi connectivity index (χ2v) is 6.84. The zero-order valence-electron chi connectivity index (χ0n) is 17.2. The molecule has 0 aliphatic rings. The fraction of sp³-hybridized carbons (Fsp3) is 0.400. The zero-order chi connectivity index (χ0) is 21.1. The standard InChI is InChI=1S/C20H26N6O3/c1-5-11-25-17-15(18(27)26(12-6-2)20(25)29)22-16(23-17)13-7-9-14(10-8-13)24(4)19(28)21-3/h7-10H,5-6,11-12H2,1-4H3,(H,21,28)(H,22,23). The van der Waals surface area contributed by atoms with E-state index >= 15 is 0 Å². The fourth-order valence-electron chi connectivity index (χ4n) is 3.28. The van der Waals surface area contributed by atoms with Crippen LogP contribution in [0.1, 0.15) is 26.7 Å². The Hall–Kier alpha value is -3.36. The zero-order valence-corrected chi connectivity index (χ0v) is 17.2. The largest absolute Gasteiger partial charge is 0.341 e. The van der Waals surface area contributed by atoms with Crippen LogP contribution in [-0.2, 0) is 13.1 Å². The third kappa shape index (κ3) is 3.67. The van der Waals surface area contributed by atoms with Crippen LogP contribution in [0.3, 0.4) is 0 Å². The van der Waals surface area contributed by atoms with Crippen LogP contribution in [0.15, 0.2) is 33.9 Å². The van der Waals surface area contributed by atoms with E-state index in [1.54, 1.807) is 30.8 Å². The van der Waals surface area contributed by atoms with E-state index < -0.39 is 0 Å². The average molecular weight is 398 g/mol. The van der Waals surface area contributed by atoms with Crippen LogP contribution in [0.2, 0.25) is 0 Å². The lowest BCUT2D eigenvalue weighted by Gasteiger charge is -2.16. The molecule has 0 radical (unpaired) electrons. The molecular formula is C20H26N6O3. The monoisotopic (exact) mass is 398 g/mol. The first kappa shape index (κ1) is 20.4. The Balaban J connectivity index is 2.11. The summed E-state index contributed by atoms with van der Waals surface area (Å²) in [6.45, 7) is 4.75. The first-order valence-corrected chi connectivity index (χ1v) is 9.72. The number of carbonyl (C=O) groups is 1. The van der Waals surface area contributed by atoms with Crippen LogP contribution >= 0.6 is 0 Å². The van der Waals surface area contributed by atoms with Crippen molar-refractivity contribution in [2.45, 2.75) is 39.8 Å². The quantitative estimate of drug-likeness (QED) is 0.664. The van der Waals surface area contributed by atoms with Crippen molar-refractivity contribution in [2.24, 2.45) is 0 Å². The Bertz CT molecular complexity index is 1140. The van der Waals surface area contributed by atoms with Crippen LogP contribution in [0.4, 0.5) is 10.5 Å². The van der Waals surface area contributed by atoms with E-state index in [1.807, 2.05) is 26.0 Å². The van der Waals surface area contributed by atoms with Crippen LogP contribution in [0.25, 0.3) is 22.6 Å². The molecule has 0 bridgehead atoms. The number of hydrogen-bond donors (Lipinski definition) is 2. The molecule has 2 amide bonds. The van der Waals surface area contributed by atoms with Crippen LogP contribution in [0, 0.1) is 0 Å². The Kier molecular flexibility index (Phi) is 5.86. The minimum atomic E-state index is -0.353. The number of carbonyl (C=O) groups excluding carboxylic acids is 1. The van der Waals surface area contributed by atoms with Crippen molar-refractivity contribution < 1.29 is 4.79 Å². The second-order valence-electron chi connectivity index (χ2n) is 6.84. The molecule has 0 aliphatic heterocycles. The summed E-state index contributed by atoms with van der Waals surface area (Å²) in [5.74, 6) is 0.504. The fourth-order valence-corrected chi connectivity index (χ4v) is 3.28. The molecule has 0 spiro atoms. The molecule has 29 heavy (non-hydrogen) atoms. The number of hydrogen-bond acceptors (Lipinski definition) is 4. The molecule has 1 aromatic carbocycles. The highest BCUT2D eigenvalue weighted by molar-refractivity contribution is 5.91. The van der Waals surface area contributed by atoms with E-state index in [0.29, 0.717) is 36.5 Å². The van der Waals surface area contributed by atoms with Gasteiger partial charge in [-0.2, -0.15) is 0 Å². The summed E-state index contributed by atoms with van der Waals surface area (Å²) in [5, 5.41) is 2.57. The summed E-state index contributed by atoms with van der Waals surface area (Å²) in [5.41, 5.74) is 1.49. The highest BCUT2D eigenvalue weighted by Gasteiger charge is 2.17. The molecule has 0 saturated heterocycles. The predicted molar refractivity (Wildman–Crippen MR) is 113 cm³/mol. The summed E-state index contributed by atoms with van der Waals surface area (Å²) >= 11 is 0. The minimum Gasteiger partial charge on any atom is -0.341 e. The van der Waals surface area contributed by atoms with Gasteiger partial charge in [-0.3, -0.25) is 18.8 Å². The van der Waals surface area contributed by atoms with E-state index in [1.165, 1.54) is 9.47 Å². The van der Waals surface area contributed by atoms with Crippen molar-refractivity contribution in [2.75, 3.05) is 19.0 Å². The van der Waals surface area contributed by atoms with Crippen molar-refractivity contribution in [3.05, 3.63) is 45.1 Å². The smallest absolute Gasteiger partial charge is 0.332 e. The van der Waals surface area contributed by atoms with E-state index in [4.69, 9.17) is 0 Å². The number of amides is 2. The van der Waals surface area contributed by atoms with Crippen molar-refractivity contribution in [1.82, 2.24) is 24.4 Å². The number of nitrogens with zero attached hydrogens (tertiary/aromatic N) is 4. The molecule has 9 heteroatoms. The first-order chi connectivity index (χ1) is 13.9. The lowest BCUT2D eigenvalue weighted by molar-refractivity contribution is 0.249. The number of aromatic amines is 1. The van der Waals surface area contributed by atoms with Gasteiger partial charge < -0.3 is 10.3 Å². The second kappa shape index (κ2) is 8.34. The number of aryl methyl sites for hydroxylation is 1. The Morgan fingerprint density at radius 2 is 1.72 bits per heavy atom. The molecule has 2 heterocycles. The predicted octanol–water partition coefficient (Wildman–Crippen LogP) is 2.15. The van der Waals surface area contributed by atoms with Gasteiger partial charge in [0.2, 0.25) is 0 Å². The summed E-state index contributed by atoms with van der Waals surface area (Å²) in [6, 6.07) is 7.01. The van der Waals surface area contributed by atoms with Crippen LogP contribution < -0.4 is 21.5 Å². The summed E-state index contributed by atoms with van der Waals surface area (Å²) in [6.07, 6.45) is 1.44. The molecule has 2 aromatic heterocycles. The number of rotatable bonds is 6. The van der Waals surface area contributed by atoms with E-state index in [9.17, 15) is 14.4 Å². The molecular weight excluding hydrogens is 372 g/mol. The van der Waals surface area contributed by atoms with Gasteiger partial charge in [-0.15, -0.1) is 0 Å². The molecule has 0 unspecified atom stereocenters. The molecule has 9 nitrogen and oxygen atoms in total. The van der Waals surface area contributed by atoms with Gasteiger partial charge >= 0.3 is 11.7 Å². The van der Waals surface area contributed by atoms with Crippen molar-refractivity contribution in [3.8, 4) is 11.4 Å². The lowest BCUT2D eigenvalue weighted by Crippen LogP contribution is -2.40. The molecule has 0 saturated carbocycles. The molecule has 3 rings (SSSR count). The molecule has 154 valence electrons. The van der Waals surface area contributed by atoms with Gasteiger partial charge in [0, 0.05) is 38.4 Å². The molecule has 2 N–H and O–H groups in total. The summed E-state index contributed by atoms with van der Waals surface area (Å²) in [4.78, 5) is 46.5. The lowest BCUT2D eigenvalue weighted by atomic mass is 10.2. The molecule has 0 aliphatic carbocycles. The Labute approximate surface area is 168 Å². The van der Waals surface area contributed by atoms with Crippen LogP contribution in [-0.4, -0.2) is 39.2 Å². The first-order valence-electron chi connectivity index (χ1n) is 9.72. The van der Waals surface area contributed by atoms with E-state index in [2.05, 4.69) is 15.3 Å². The normalized spacial score (nSPS) is 11.0. The maximum Gasteiger partial charge on any atom is 0.332 e. The van der Waals surface area contributed by atoms with E-state index in [-0.39, 0.29) is 17.3 Å².